The van der Waals surface area contributed by atoms with Gasteiger partial charge in [-0.05, 0) is 82.0 Å². The maximum Gasteiger partial charge on any atom is 0.123 e. The quantitative estimate of drug-likeness (QED) is 0.613. The summed E-state index contributed by atoms with van der Waals surface area (Å²) in [6.07, 6.45) is 6.40. The first-order chi connectivity index (χ1) is 11.0. The van der Waals surface area contributed by atoms with Crippen LogP contribution in [-0.2, 0) is 0 Å². The fourth-order valence-electron chi connectivity index (χ4n) is 2.79. The lowest BCUT2D eigenvalue weighted by Crippen LogP contribution is -2.06. The predicted molar refractivity (Wildman–Crippen MR) is 89.4 cm³/mol. The number of rotatable bonds is 3. The van der Waals surface area contributed by atoms with Gasteiger partial charge in [-0.3, -0.25) is 0 Å². The number of benzene rings is 2. The van der Waals surface area contributed by atoms with Gasteiger partial charge in [-0.25, -0.2) is 13.2 Å². The van der Waals surface area contributed by atoms with E-state index in [9.17, 15) is 13.2 Å². The molecule has 120 valence electrons. The third kappa shape index (κ3) is 3.08. The van der Waals surface area contributed by atoms with Gasteiger partial charge in [0, 0.05) is 6.42 Å². The van der Waals surface area contributed by atoms with Crippen molar-refractivity contribution in [1.29, 1.82) is 0 Å². The highest BCUT2D eigenvalue weighted by Gasteiger charge is 2.29. The van der Waals surface area contributed by atoms with Crippen molar-refractivity contribution in [1.82, 2.24) is 0 Å². The molecular weight excluding hydrogens is 317 g/mol. The Morgan fingerprint density at radius 3 is 1.57 bits per heavy atom. The van der Waals surface area contributed by atoms with Crippen molar-refractivity contribution < 1.29 is 13.2 Å². The Kier molecular flexibility index (Phi) is 4.35. The molecule has 0 bridgehead atoms. The van der Waals surface area contributed by atoms with E-state index in [1.54, 1.807) is 24.3 Å². The smallest absolute Gasteiger partial charge is 0.123 e. The van der Waals surface area contributed by atoms with Crippen LogP contribution in [0, 0.1) is 11.6 Å². The van der Waals surface area contributed by atoms with E-state index in [0.717, 1.165) is 14.7 Å². The molecule has 0 aromatic heterocycles. The van der Waals surface area contributed by atoms with Crippen LogP contribution in [0.3, 0.4) is 0 Å². The van der Waals surface area contributed by atoms with Crippen LogP contribution in [0.5, 0.6) is 0 Å². The second-order valence-electron chi connectivity index (χ2n) is 5.57. The molecule has 0 atom stereocenters. The molecule has 0 N–H and O–H groups in total. The summed E-state index contributed by atoms with van der Waals surface area (Å²) in [5.74, 6) is -0.718. The Morgan fingerprint density at radius 1 is 0.696 bits per heavy atom. The average molecular weight is 334 g/mol. The van der Waals surface area contributed by atoms with E-state index in [-0.39, 0.29) is 17.5 Å². The van der Waals surface area contributed by atoms with Gasteiger partial charge in [0.15, 0.2) is 0 Å². The lowest BCUT2D eigenvalue weighted by atomic mass is 10.2. The van der Waals surface area contributed by atoms with Gasteiger partial charge >= 0.3 is 0 Å². The molecule has 3 rings (SSSR count). The van der Waals surface area contributed by atoms with Gasteiger partial charge in [0.2, 0.25) is 0 Å². The van der Waals surface area contributed by atoms with Gasteiger partial charge in [0.1, 0.15) is 17.5 Å². The van der Waals surface area contributed by atoms with E-state index >= 15 is 0 Å². The minimum absolute atomic E-state index is 0.131. The van der Waals surface area contributed by atoms with Gasteiger partial charge in [-0.15, -0.1) is 0 Å². The molecule has 0 spiro atoms. The van der Waals surface area contributed by atoms with Crippen LogP contribution >= 0.6 is 10.0 Å². The molecule has 0 fully saturated rings. The van der Waals surface area contributed by atoms with Gasteiger partial charge < -0.3 is 0 Å². The third-order valence-corrected chi connectivity index (χ3v) is 7.97. The molecule has 2 aromatic rings. The predicted octanol–water partition coefficient (Wildman–Crippen LogP) is 6.35. The molecule has 2 aromatic carbocycles. The summed E-state index contributed by atoms with van der Waals surface area (Å²) in [6, 6.07) is 12.8. The van der Waals surface area contributed by atoms with E-state index in [0.29, 0.717) is 12.8 Å². The van der Waals surface area contributed by atoms with Gasteiger partial charge in [0.25, 0.3) is 0 Å². The zero-order chi connectivity index (χ0) is 16.4. The second-order valence-corrected chi connectivity index (χ2v) is 8.88. The summed E-state index contributed by atoms with van der Waals surface area (Å²) < 4.78 is 40.0. The Balaban J connectivity index is 2.16. The minimum Gasteiger partial charge on any atom is -0.212 e. The topological polar surface area (TPSA) is 0 Å². The van der Waals surface area contributed by atoms with E-state index < -0.39 is 10.0 Å². The number of hydrogen-bond donors (Lipinski definition) is 0. The highest BCUT2D eigenvalue weighted by atomic mass is 32.3. The molecule has 1 aliphatic carbocycles. The van der Waals surface area contributed by atoms with E-state index in [1.807, 2.05) is 6.08 Å². The third-order valence-electron chi connectivity index (χ3n) is 4.15. The van der Waals surface area contributed by atoms with Crippen molar-refractivity contribution in [2.75, 3.05) is 6.26 Å². The van der Waals surface area contributed by atoms with E-state index in [1.165, 1.54) is 30.3 Å². The Bertz CT molecular complexity index is 713. The fourth-order valence-corrected chi connectivity index (χ4v) is 5.87. The molecule has 0 heterocycles. The van der Waals surface area contributed by atoms with Crippen LogP contribution < -0.4 is 0 Å². The monoisotopic (exact) mass is 334 g/mol. The summed E-state index contributed by atoms with van der Waals surface area (Å²) >= 11 is 0. The van der Waals surface area contributed by atoms with Crippen LogP contribution in [0.4, 0.5) is 13.2 Å². The highest BCUT2D eigenvalue weighted by molar-refractivity contribution is 8.36. The fraction of sp³-hybridized carbons (Fsp3) is 0.158. The Morgan fingerprint density at radius 2 is 1.17 bits per heavy atom. The first-order valence-corrected chi connectivity index (χ1v) is 9.39. The van der Waals surface area contributed by atoms with Crippen molar-refractivity contribution >= 4 is 10.0 Å². The standard InChI is InChI=1S/C19H17F3S/c1-23(17-8-2-14(20)3-9-17,18-10-4-15(21)5-11-18)19-12-6-16(22)7-13-19/h2-6,8-12H,7,13H2,1H3. The lowest BCUT2D eigenvalue weighted by molar-refractivity contribution is 0.586. The Labute approximate surface area is 135 Å². The van der Waals surface area contributed by atoms with Crippen LogP contribution in [0.25, 0.3) is 0 Å². The summed E-state index contributed by atoms with van der Waals surface area (Å²) in [7, 11) is -1.64. The van der Waals surface area contributed by atoms with Crippen LogP contribution in [0.15, 0.2) is 81.2 Å². The Hall–Kier alpha value is -1.94. The van der Waals surface area contributed by atoms with Crippen LogP contribution in [0.2, 0.25) is 0 Å². The summed E-state index contributed by atoms with van der Waals surface area (Å²) in [6.45, 7) is 0. The minimum atomic E-state index is -1.64. The van der Waals surface area contributed by atoms with Crippen LogP contribution in [0.1, 0.15) is 12.8 Å². The van der Waals surface area contributed by atoms with Crippen molar-refractivity contribution in [3.8, 4) is 0 Å². The number of halogens is 3. The zero-order valence-corrected chi connectivity index (χ0v) is 13.5. The highest BCUT2D eigenvalue weighted by Crippen LogP contribution is 2.67. The molecule has 0 saturated carbocycles. The SMILES string of the molecule is CS(C1=CC=C(F)CC1)(c1ccc(F)cc1)c1ccc(F)cc1. The van der Waals surface area contributed by atoms with Crippen LogP contribution in [-0.4, -0.2) is 6.26 Å². The summed E-state index contributed by atoms with van der Waals surface area (Å²) in [4.78, 5) is 3.07. The average Bonchev–Trinajstić information content (AvgIpc) is 2.56. The van der Waals surface area contributed by atoms with Crippen molar-refractivity contribution in [3.63, 3.8) is 0 Å². The molecule has 23 heavy (non-hydrogen) atoms. The summed E-state index contributed by atoms with van der Waals surface area (Å²) in [5, 5.41) is 0. The molecule has 0 saturated heterocycles. The molecule has 0 nitrogen and oxygen atoms in total. The van der Waals surface area contributed by atoms with Crippen molar-refractivity contribution in [2.45, 2.75) is 22.6 Å². The zero-order valence-electron chi connectivity index (χ0n) is 12.7. The lowest BCUT2D eigenvalue weighted by Gasteiger charge is -2.40. The number of allylic oxidation sites excluding steroid dienone is 4. The van der Waals surface area contributed by atoms with E-state index in [2.05, 4.69) is 6.26 Å². The number of hydrogen-bond acceptors (Lipinski definition) is 0. The second kappa shape index (κ2) is 6.28. The van der Waals surface area contributed by atoms with Gasteiger partial charge in [-0.1, -0.05) is 6.08 Å². The molecule has 0 aliphatic heterocycles. The van der Waals surface area contributed by atoms with Crippen molar-refractivity contribution in [2.24, 2.45) is 0 Å². The maximum atomic E-state index is 13.4. The molecule has 0 unspecified atom stereocenters. The van der Waals surface area contributed by atoms with Crippen molar-refractivity contribution in [3.05, 3.63) is 83.0 Å². The molecular formula is C19H17F3S. The molecule has 0 amide bonds. The van der Waals surface area contributed by atoms with E-state index in [4.69, 9.17) is 0 Å². The maximum absolute atomic E-state index is 13.4. The molecule has 4 heteroatoms. The first-order valence-electron chi connectivity index (χ1n) is 7.35. The normalized spacial score (nSPS) is 15.8. The molecule has 1 aliphatic rings. The van der Waals surface area contributed by atoms with Gasteiger partial charge in [0.05, 0.1) is 0 Å². The first kappa shape index (κ1) is 15.9. The molecule has 0 radical (unpaired) electrons. The largest absolute Gasteiger partial charge is 0.212 e. The summed E-state index contributed by atoms with van der Waals surface area (Å²) in [5.41, 5.74) is 0. The van der Waals surface area contributed by atoms with Gasteiger partial charge in [-0.2, -0.15) is 10.0 Å².